The van der Waals surface area contributed by atoms with E-state index < -0.39 is 7.12 Å². The first-order valence-electron chi connectivity index (χ1n) is 7.77. The van der Waals surface area contributed by atoms with Gasteiger partial charge in [0.1, 0.15) is 0 Å². The zero-order valence-corrected chi connectivity index (χ0v) is 13.2. The Balaban J connectivity index is 1.95. The lowest BCUT2D eigenvalue weighted by atomic mass is 9.80. The molecule has 0 heterocycles. The fourth-order valence-electron chi connectivity index (χ4n) is 2.63. The largest absolute Gasteiger partial charge is 0.488 e. The van der Waals surface area contributed by atoms with E-state index in [-0.39, 0.29) is 0 Å². The average molecular weight is 318 g/mol. The molecule has 0 aliphatic rings. The normalized spacial score (nSPS) is 10.4. The number of para-hydroxylation sites is 3. The fraction of sp³-hybridized carbons (Fsp3) is 0.0526. The Kier molecular flexibility index (Phi) is 4.84. The summed E-state index contributed by atoms with van der Waals surface area (Å²) >= 11 is 0. The highest BCUT2D eigenvalue weighted by molar-refractivity contribution is 6.58. The van der Waals surface area contributed by atoms with E-state index >= 15 is 0 Å². The van der Waals surface area contributed by atoms with Crippen LogP contribution in [0.15, 0.2) is 78.9 Å². The van der Waals surface area contributed by atoms with Crippen LogP contribution in [0.5, 0.6) is 0 Å². The number of nitrogens with zero attached hydrogens (tertiary/aromatic N) is 1. The topological polar surface area (TPSA) is 69.7 Å². The van der Waals surface area contributed by atoms with Crippen LogP contribution in [-0.2, 0) is 6.54 Å². The van der Waals surface area contributed by atoms with Gasteiger partial charge in [-0.05, 0) is 35.3 Å². The standard InChI is InChI=1S/C19H19BN2O2/c21-18-8-4-5-9-19(18)22(17-6-2-1-3-7-17)14-15-10-12-16(13-11-15)20(23)24/h1-13,23-24H,14,21H2. The minimum absolute atomic E-state index is 0.476. The van der Waals surface area contributed by atoms with Crippen LogP contribution >= 0.6 is 0 Å². The van der Waals surface area contributed by atoms with E-state index in [9.17, 15) is 10.0 Å². The van der Waals surface area contributed by atoms with Crippen LogP contribution < -0.4 is 16.1 Å². The predicted octanol–water partition coefficient (Wildman–Crippen LogP) is 2.29. The van der Waals surface area contributed by atoms with E-state index in [1.165, 1.54) is 0 Å². The number of benzene rings is 3. The number of nitrogens with two attached hydrogens (primary N) is 1. The molecule has 0 radical (unpaired) electrons. The fourth-order valence-corrected chi connectivity index (χ4v) is 2.63. The molecule has 3 rings (SSSR count). The molecule has 3 aromatic carbocycles. The van der Waals surface area contributed by atoms with Gasteiger partial charge in [0.05, 0.1) is 11.4 Å². The molecule has 0 fully saturated rings. The number of hydrogen-bond donors (Lipinski definition) is 3. The van der Waals surface area contributed by atoms with Gasteiger partial charge in [0, 0.05) is 12.2 Å². The van der Waals surface area contributed by atoms with Crippen molar-refractivity contribution in [1.29, 1.82) is 0 Å². The Bertz CT molecular complexity index is 792. The Hall–Kier alpha value is -2.76. The van der Waals surface area contributed by atoms with Crippen LogP contribution in [0.4, 0.5) is 17.1 Å². The molecule has 0 aliphatic carbocycles. The second-order valence-electron chi connectivity index (χ2n) is 5.60. The molecule has 4 nitrogen and oxygen atoms in total. The smallest absolute Gasteiger partial charge is 0.423 e. The Labute approximate surface area is 141 Å². The van der Waals surface area contributed by atoms with Crippen molar-refractivity contribution in [3.05, 3.63) is 84.4 Å². The zero-order valence-electron chi connectivity index (χ0n) is 13.2. The molecule has 0 atom stereocenters. The van der Waals surface area contributed by atoms with Crippen LogP contribution in [0.25, 0.3) is 0 Å². The van der Waals surface area contributed by atoms with Crippen LogP contribution in [0.3, 0.4) is 0 Å². The summed E-state index contributed by atoms with van der Waals surface area (Å²) in [5.74, 6) is 0. The highest BCUT2D eigenvalue weighted by atomic mass is 16.4. The van der Waals surface area contributed by atoms with Crippen LogP contribution in [0, 0.1) is 0 Å². The molecule has 0 spiro atoms. The molecular formula is C19H19BN2O2. The van der Waals surface area contributed by atoms with Gasteiger partial charge in [-0.3, -0.25) is 0 Å². The summed E-state index contributed by atoms with van der Waals surface area (Å²) < 4.78 is 0. The first-order valence-corrected chi connectivity index (χ1v) is 7.77. The van der Waals surface area contributed by atoms with Crippen molar-refractivity contribution in [3.8, 4) is 0 Å². The molecule has 0 saturated carbocycles. The van der Waals surface area contributed by atoms with E-state index in [2.05, 4.69) is 4.90 Å². The van der Waals surface area contributed by atoms with Gasteiger partial charge in [0.15, 0.2) is 0 Å². The van der Waals surface area contributed by atoms with Gasteiger partial charge in [-0.15, -0.1) is 0 Å². The molecule has 5 heteroatoms. The maximum Gasteiger partial charge on any atom is 0.488 e. The van der Waals surface area contributed by atoms with E-state index in [4.69, 9.17) is 5.73 Å². The Morgan fingerprint density at radius 1 is 0.792 bits per heavy atom. The van der Waals surface area contributed by atoms with Gasteiger partial charge in [-0.1, -0.05) is 54.6 Å². The van der Waals surface area contributed by atoms with Crippen molar-refractivity contribution in [2.24, 2.45) is 0 Å². The number of nitrogen functional groups attached to an aromatic ring is 1. The molecule has 24 heavy (non-hydrogen) atoms. The summed E-state index contributed by atoms with van der Waals surface area (Å²) in [5.41, 5.74) is 10.4. The monoisotopic (exact) mass is 318 g/mol. The molecule has 0 aliphatic heterocycles. The average Bonchev–Trinajstić information content (AvgIpc) is 2.61. The minimum atomic E-state index is -1.45. The summed E-state index contributed by atoms with van der Waals surface area (Å²) in [6.07, 6.45) is 0. The maximum absolute atomic E-state index is 9.22. The maximum atomic E-state index is 9.22. The predicted molar refractivity (Wildman–Crippen MR) is 99.4 cm³/mol. The lowest BCUT2D eigenvalue weighted by molar-refractivity contribution is 0.426. The van der Waals surface area contributed by atoms with E-state index in [1.807, 2.05) is 66.7 Å². The number of rotatable bonds is 5. The zero-order chi connectivity index (χ0) is 16.9. The Morgan fingerprint density at radius 2 is 1.42 bits per heavy atom. The number of hydrogen-bond acceptors (Lipinski definition) is 4. The third kappa shape index (κ3) is 3.59. The second kappa shape index (κ2) is 7.21. The molecule has 0 aromatic heterocycles. The highest BCUT2D eigenvalue weighted by Crippen LogP contribution is 2.31. The van der Waals surface area contributed by atoms with Crippen molar-refractivity contribution in [1.82, 2.24) is 0 Å². The molecule has 0 amide bonds. The molecular weight excluding hydrogens is 299 g/mol. The van der Waals surface area contributed by atoms with Gasteiger partial charge in [0.25, 0.3) is 0 Å². The van der Waals surface area contributed by atoms with Crippen LogP contribution in [-0.4, -0.2) is 17.2 Å². The van der Waals surface area contributed by atoms with Crippen molar-refractivity contribution < 1.29 is 10.0 Å². The molecule has 0 unspecified atom stereocenters. The summed E-state index contributed by atoms with van der Waals surface area (Å²) in [6, 6.07) is 25.0. The van der Waals surface area contributed by atoms with Crippen molar-refractivity contribution in [3.63, 3.8) is 0 Å². The first kappa shape index (κ1) is 16.1. The molecule has 0 bridgehead atoms. The van der Waals surface area contributed by atoms with Crippen molar-refractivity contribution in [2.45, 2.75) is 6.54 Å². The van der Waals surface area contributed by atoms with Crippen molar-refractivity contribution in [2.75, 3.05) is 10.6 Å². The third-order valence-corrected chi connectivity index (χ3v) is 3.91. The SMILES string of the molecule is Nc1ccccc1N(Cc1ccc(B(O)O)cc1)c1ccccc1. The summed E-state index contributed by atoms with van der Waals surface area (Å²) in [7, 11) is -1.45. The molecule has 3 aromatic rings. The summed E-state index contributed by atoms with van der Waals surface area (Å²) in [5, 5.41) is 18.4. The quantitative estimate of drug-likeness (QED) is 0.499. The molecule has 0 saturated heterocycles. The highest BCUT2D eigenvalue weighted by Gasteiger charge is 2.14. The van der Waals surface area contributed by atoms with Gasteiger partial charge in [-0.25, -0.2) is 0 Å². The van der Waals surface area contributed by atoms with Gasteiger partial charge >= 0.3 is 7.12 Å². The molecule has 120 valence electrons. The van der Waals surface area contributed by atoms with Crippen LogP contribution in [0.1, 0.15) is 5.56 Å². The van der Waals surface area contributed by atoms with Gasteiger partial charge in [-0.2, -0.15) is 0 Å². The number of anilines is 3. The summed E-state index contributed by atoms with van der Waals surface area (Å²) in [6.45, 7) is 0.625. The summed E-state index contributed by atoms with van der Waals surface area (Å²) in [4.78, 5) is 2.14. The first-order chi connectivity index (χ1) is 11.6. The van der Waals surface area contributed by atoms with Crippen molar-refractivity contribution >= 4 is 29.6 Å². The van der Waals surface area contributed by atoms with Gasteiger partial charge < -0.3 is 20.7 Å². The Morgan fingerprint density at radius 3 is 2.04 bits per heavy atom. The molecule has 4 N–H and O–H groups in total. The minimum Gasteiger partial charge on any atom is -0.423 e. The third-order valence-electron chi connectivity index (χ3n) is 3.91. The van der Waals surface area contributed by atoms with Gasteiger partial charge in [0.2, 0.25) is 0 Å². The van der Waals surface area contributed by atoms with E-state index in [1.54, 1.807) is 12.1 Å². The lowest BCUT2D eigenvalue weighted by Crippen LogP contribution is -2.29. The van der Waals surface area contributed by atoms with Crippen LogP contribution in [0.2, 0.25) is 0 Å². The second-order valence-corrected chi connectivity index (χ2v) is 5.60. The lowest BCUT2D eigenvalue weighted by Gasteiger charge is -2.26. The van der Waals surface area contributed by atoms with E-state index in [0.717, 1.165) is 16.9 Å². The van der Waals surface area contributed by atoms with E-state index in [0.29, 0.717) is 17.7 Å².